The van der Waals surface area contributed by atoms with Crippen molar-refractivity contribution in [2.45, 2.75) is 105 Å². The summed E-state index contributed by atoms with van der Waals surface area (Å²) in [5.74, 6) is 0. The Kier molecular flexibility index (Phi) is 7.77. The summed E-state index contributed by atoms with van der Waals surface area (Å²) < 4.78 is 2.77. The lowest BCUT2D eigenvalue weighted by atomic mass is 9.36. The van der Waals surface area contributed by atoms with Crippen LogP contribution in [0.2, 0.25) is 0 Å². The minimum absolute atomic E-state index is 0.0198. The third kappa shape index (κ3) is 5.61. The molecule has 0 fully saturated rings. The van der Waals surface area contributed by atoms with Gasteiger partial charge >= 0.3 is 0 Å². The van der Waals surface area contributed by atoms with Crippen LogP contribution in [0.5, 0.6) is 0 Å². The van der Waals surface area contributed by atoms with Gasteiger partial charge in [0.1, 0.15) is 0 Å². The van der Waals surface area contributed by atoms with Crippen LogP contribution in [-0.4, -0.2) is 6.71 Å². The second kappa shape index (κ2) is 11.6. The van der Waals surface area contributed by atoms with Gasteiger partial charge in [0.15, 0.2) is 0 Å². The van der Waals surface area contributed by atoms with Gasteiger partial charge in [0.2, 0.25) is 0 Å². The predicted octanol–water partition coefficient (Wildman–Crippen LogP) is 12.2. The first-order chi connectivity index (χ1) is 24.3. The molecule has 0 amide bonds. The van der Waals surface area contributed by atoms with Crippen LogP contribution in [0.3, 0.4) is 0 Å². The summed E-state index contributed by atoms with van der Waals surface area (Å²) in [5, 5.41) is 1.35. The summed E-state index contributed by atoms with van der Waals surface area (Å²) in [7, 11) is 0. The maximum atomic E-state index is 2.62. The molecule has 2 aliphatic heterocycles. The topological polar surface area (TPSA) is 6.48 Å². The van der Waals surface area contributed by atoms with Gasteiger partial charge in [-0.15, -0.1) is 11.3 Å². The summed E-state index contributed by atoms with van der Waals surface area (Å²) >= 11 is 1.99. The van der Waals surface area contributed by atoms with E-state index in [-0.39, 0.29) is 28.4 Å². The van der Waals surface area contributed by atoms with Gasteiger partial charge in [-0.3, -0.25) is 0 Å². The lowest BCUT2D eigenvalue weighted by molar-refractivity contribution is 0.590. The number of hydrogen-bond donors (Lipinski definition) is 0. The molecule has 0 spiro atoms. The van der Waals surface area contributed by atoms with Crippen LogP contribution in [0.4, 0.5) is 34.1 Å². The van der Waals surface area contributed by atoms with E-state index in [1.54, 1.807) is 0 Å². The molecule has 1 aromatic heterocycles. The number of para-hydroxylation sites is 1. The van der Waals surface area contributed by atoms with Crippen molar-refractivity contribution in [3.8, 4) is 0 Å². The summed E-state index contributed by atoms with van der Waals surface area (Å²) in [6.07, 6.45) is 0. The van der Waals surface area contributed by atoms with E-state index in [2.05, 4.69) is 196 Å². The van der Waals surface area contributed by atoms with Crippen LogP contribution in [0.1, 0.15) is 105 Å². The van der Waals surface area contributed by atoms with Crippen molar-refractivity contribution in [3.63, 3.8) is 0 Å². The molecular formula is C48H53BN2S. The van der Waals surface area contributed by atoms with E-state index in [1.165, 1.54) is 82.2 Å². The number of fused-ring (bicyclic) bond motifs is 6. The number of hydrogen-bond acceptors (Lipinski definition) is 3. The summed E-state index contributed by atoms with van der Waals surface area (Å²) in [5.41, 5.74) is 15.9. The zero-order chi connectivity index (χ0) is 37.1. The highest BCUT2D eigenvalue weighted by molar-refractivity contribution is 7.33. The second-order valence-electron chi connectivity index (χ2n) is 19.2. The minimum atomic E-state index is -0.0576. The minimum Gasteiger partial charge on any atom is -0.311 e. The lowest BCUT2D eigenvalue weighted by Gasteiger charge is -2.44. The van der Waals surface area contributed by atoms with Crippen LogP contribution in [0.25, 0.3) is 10.1 Å². The van der Waals surface area contributed by atoms with E-state index < -0.39 is 0 Å². The molecule has 0 saturated heterocycles. The van der Waals surface area contributed by atoms with Gasteiger partial charge in [0.05, 0.1) is 5.69 Å². The average Bonchev–Trinajstić information content (AvgIpc) is 3.45. The van der Waals surface area contributed by atoms with Crippen molar-refractivity contribution >= 4 is 78.0 Å². The number of anilines is 6. The van der Waals surface area contributed by atoms with Gasteiger partial charge < -0.3 is 9.80 Å². The van der Waals surface area contributed by atoms with E-state index in [4.69, 9.17) is 0 Å². The van der Waals surface area contributed by atoms with Gasteiger partial charge in [0, 0.05) is 43.3 Å². The third-order valence-electron chi connectivity index (χ3n) is 11.3. The van der Waals surface area contributed by atoms with Crippen molar-refractivity contribution in [3.05, 3.63) is 125 Å². The first-order valence-corrected chi connectivity index (χ1v) is 19.8. The molecule has 2 nitrogen and oxygen atoms in total. The molecule has 8 rings (SSSR count). The average molecular weight is 701 g/mol. The molecule has 5 aromatic carbocycles. The van der Waals surface area contributed by atoms with Gasteiger partial charge in [-0.25, -0.2) is 0 Å². The first kappa shape index (κ1) is 34.8. The number of rotatable bonds is 2. The Morgan fingerprint density at radius 2 is 0.981 bits per heavy atom. The van der Waals surface area contributed by atoms with Gasteiger partial charge in [-0.2, -0.15) is 0 Å². The predicted molar refractivity (Wildman–Crippen MR) is 231 cm³/mol. The van der Waals surface area contributed by atoms with Crippen LogP contribution in [-0.2, 0) is 21.7 Å². The molecule has 0 bridgehead atoms. The van der Waals surface area contributed by atoms with Gasteiger partial charge in [-0.1, -0.05) is 132 Å². The van der Waals surface area contributed by atoms with Crippen molar-refractivity contribution in [1.29, 1.82) is 0 Å². The van der Waals surface area contributed by atoms with Gasteiger partial charge in [0.25, 0.3) is 6.71 Å². The number of nitrogens with zero attached hydrogens (tertiary/aromatic N) is 2. The molecule has 0 saturated carbocycles. The quantitative estimate of drug-likeness (QED) is 0.166. The molecule has 0 unspecified atom stereocenters. The zero-order valence-corrected chi connectivity index (χ0v) is 34.0. The number of benzene rings is 5. The molecular weight excluding hydrogens is 647 g/mol. The van der Waals surface area contributed by atoms with Crippen LogP contribution >= 0.6 is 11.3 Å². The lowest BCUT2D eigenvalue weighted by Crippen LogP contribution is -2.60. The maximum absolute atomic E-state index is 2.62. The molecule has 4 heteroatoms. The van der Waals surface area contributed by atoms with E-state index in [0.29, 0.717) is 0 Å². The standard InChI is InChI=1S/C48H53BN2S/c1-45(2,3)30-18-22-35(23-19-30)51-40-29-33(48(10,11)12)28-39-42(40)49(44-43(51)36-26-31(46(4,5)6)21-25-41(36)52-44)37-27-32(47(7,8)9)20-24-38(37)50(39)34-16-14-13-15-17-34/h13-29H,1-12H3. The maximum Gasteiger partial charge on any atom is 0.264 e. The third-order valence-corrected chi connectivity index (χ3v) is 12.5. The van der Waals surface area contributed by atoms with E-state index in [9.17, 15) is 0 Å². The Bertz CT molecular complexity index is 2340. The highest BCUT2D eigenvalue weighted by Gasteiger charge is 2.46. The Morgan fingerprint density at radius 1 is 0.462 bits per heavy atom. The molecule has 52 heavy (non-hydrogen) atoms. The molecule has 3 heterocycles. The van der Waals surface area contributed by atoms with Crippen LogP contribution in [0, 0.1) is 0 Å². The van der Waals surface area contributed by atoms with Crippen molar-refractivity contribution < 1.29 is 0 Å². The van der Waals surface area contributed by atoms with E-state index in [1.807, 2.05) is 11.3 Å². The molecule has 0 radical (unpaired) electrons. The summed E-state index contributed by atoms with van der Waals surface area (Å²) in [6.45, 7) is 28.1. The monoisotopic (exact) mass is 700 g/mol. The van der Waals surface area contributed by atoms with Crippen molar-refractivity contribution in [2.24, 2.45) is 0 Å². The fourth-order valence-electron chi connectivity index (χ4n) is 8.09. The Labute approximate surface area is 316 Å². The van der Waals surface area contributed by atoms with E-state index >= 15 is 0 Å². The zero-order valence-electron chi connectivity index (χ0n) is 33.2. The highest BCUT2D eigenvalue weighted by Crippen LogP contribution is 2.50. The largest absolute Gasteiger partial charge is 0.311 e. The fraction of sp³-hybridized carbons (Fsp3) is 0.333. The Hall–Kier alpha value is -4.28. The molecule has 6 aromatic rings. The van der Waals surface area contributed by atoms with E-state index in [0.717, 1.165) is 0 Å². The highest BCUT2D eigenvalue weighted by atomic mass is 32.1. The van der Waals surface area contributed by atoms with Gasteiger partial charge in [-0.05, 0) is 109 Å². The molecule has 0 aliphatic carbocycles. The SMILES string of the molecule is CC(C)(C)c1ccc(N2c3cc(C(C)(C)C)cc4c3B(c3cc(C(C)(C)C)ccc3N4c3ccccc3)c3sc4ccc(C(C)(C)C)cc4c32)cc1. The molecule has 264 valence electrons. The molecule has 0 atom stereocenters. The molecule has 0 N–H and O–H groups in total. The molecule has 2 aliphatic rings. The van der Waals surface area contributed by atoms with Crippen molar-refractivity contribution in [1.82, 2.24) is 0 Å². The van der Waals surface area contributed by atoms with Crippen LogP contribution in [0.15, 0.2) is 103 Å². The van der Waals surface area contributed by atoms with Crippen LogP contribution < -0.4 is 25.5 Å². The Balaban J connectivity index is 1.54. The Morgan fingerprint density at radius 3 is 1.58 bits per heavy atom. The smallest absolute Gasteiger partial charge is 0.264 e. The second-order valence-corrected chi connectivity index (χ2v) is 20.3. The summed E-state index contributed by atoms with van der Waals surface area (Å²) in [4.78, 5) is 5.17. The first-order valence-electron chi connectivity index (χ1n) is 19.0. The normalized spacial score (nSPS) is 14.4. The number of thiophene rings is 1. The fourth-order valence-corrected chi connectivity index (χ4v) is 9.39. The summed E-state index contributed by atoms with van der Waals surface area (Å²) in [6, 6.07) is 40.0. The van der Waals surface area contributed by atoms with Crippen molar-refractivity contribution in [2.75, 3.05) is 9.80 Å².